The number of thioether (sulfide) groups is 1. The second-order valence-electron chi connectivity index (χ2n) is 5.59. The molecule has 1 N–H and O–H groups in total. The van der Waals surface area contributed by atoms with Crippen molar-refractivity contribution < 1.29 is 0 Å². The van der Waals surface area contributed by atoms with Crippen molar-refractivity contribution in [2.24, 2.45) is 0 Å². The van der Waals surface area contributed by atoms with Crippen LogP contribution in [0.5, 0.6) is 0 Å². The highest BCUT2D eigenvalue weighted by Gasteiger charge is 2.22. The molecule has 0 radical (unpaired) electrons. The lowest BCUT2D eigenvalue weighted by Crippen LogP contribution is -2.25. The van der Waals surface area contributed by atoms with Crippen LogP contribution in [0.2, 0.25) is 0 Å². The highest BCUT2D eigenvalue weighted by Crippen LogP contribution is 2.37. The fourth-order valence-electron chi connectivity index (χ4n) is 2.53. The molecule has 3 rings (SSSR count). The van der Waals surface area contributed by atoms with E-state index in [1.807, 2.05) is 18.0 Å². The molecule has 1 aliphatic rings. The third kappa shape index (κ3) is 3.07. The molecule has 3 nitrogen and oxygen atoms in total. The maximum Gasteiger partial charge on any atom is 0.0538 e. The molecule has 0 bridgehead atoms. The van der Waals surface area contributed by atoms with Crippen LogP contribution >= 0.6 is 11.8 Å². The zero-order valence-electron chi connectivity index (χ0n) is 12.0. The van der Waals surface area contributed by atoms with Gasteiger partial charge in [-0.2, -0.15) is 5.10 Å². The lowest BCUT2D eigenvalue weighted by molar-refractivity contribution is 0.521. The molecular formula is C16H21N3S. The highest BCUT2D eigenvalue weighted by atomic mass is 32.2. The molecule has 0 saturated heterocycles. The molecule has 1 aliphatic heterocycles. The van der Waals surface area contributed by atoms with Gasteiger partial charge in [0.15, 0.2) is 0 Å². The SMILES string of the molecule is CC(C)NCc1ccnn1CC1Cc2ccccc2S1. The van der Waals surface area contributed by atoms with Gasteiger partial charge >= 0.3 is 0 Å². The van der Waals surface area contributed by atoms with Gasteiger partial charge in [-0.3, -0.25) is 4.68 Å². The third-order valence-electron chi connectivity index (χ3n) is 3.59. The number of hydrogen-bond donors (Lipinski definition) is 1. The van der Waals surface area contributed by atoms with Crippen molar-refractivity contribution in [1.29, 1.82) is 0 Å². The first-order valence-electron chi connectivity index (χ1n) is 7.21. The van der Waals surface area contributed by atoms with Crippen molar-refractivity contribution in [1.82, 2.24) is 15.1 Å². The Morgan fingerprint density at radius 2 is 2.20 bits per heavy atom. The Hall–Kier alpha value is -1.26. The van der Waals surface area contributed by atoms with Gasteiger partial charge in [-0.05, 0) is 24.1 Å². The molecule has 20 heavy (non-hydrogen) atoms. The van der Waals surface area contributed by atoms with Crippen molar-refractivity contribution in [3.63, 3.8) is 0 Å². The van der Waals surface area contributed by atoms with Gasteiger partial charge in [-0.1, -0.05) is 32.0 Å². The fraction of sp³-hybridized carbons (Fsp3) is 0.438. The Morgan fingerprint density at radius 1 is 1.35 bits per heavy atom. The molecule has 1 aromatic carbocycles. The Bertz CT molecular complexity index is 552. The van der Waals surface area contributed by atoms with Gasteiger partial charge in [0.2, 0.25) is 0 Å². The van der Waals surface area contributed by atoms with Crippen LogP contribution in [0, 0.1) is 0 Å². The molecule has 2 heterocycles. The van der Waals surface area contributed by atoms with Crippen molar-refractivity contribution in [3.8, 4) is 0 Å². The number of fused-ring (bicyclic) bond motifs is 1. The number of rotatable bonds is 5. The topological polar surface area (TPSA) is 29.9 Å². The van der Waals surface area contributed by atoms with Gasteiger partial charge in [0.05, 0.1) is 12.2 Å². The molecule has 0 amide bonds. The Balaban J connectivity index is 1.64. The third-order valence-corrected chi connectivity index (χ3v) is 4.89. The van der Waals surface area contributed by atoms with Crippen LogP contribution in [0.3, 0.4) is 0 Å². The second-order valence-corrected chi connectivity index (χ2v) is 6.93. The standard InChI is InChI=1S/C16H21N3S/c1-12(2)17-10-14-7-8-18-19(14)11-15-9-13-5-3-4-6-16(13)20-15/h3-8,12,15,17H,9-11H2,1-2H3. The van der Waals surface area contributed by atoms with Gasteiger partial charge in [-0.25, -0.2) is 0 Å². The van der Waals surface area contributed by atoms with Gasteiger partial charge < -0.3 is 5.32 Å². The van der Waals surface area contributed by atoms with Crippen LogP contribution in [0.1, 0.15) is 25.1 Å². The van der Waals surface area contributed by atoms with E-state index in [1.54, 1.807) is 0 Å². The minimum Gasteiger partial charge on any atom is -0.309 e. The van der Waals surface area contributed by atoms with E-state index in [9.17, 15) is 0 Å². The first-order chi connectivity index (χ1) is 9.72. The van der Waals surface area contributed by atoms with Crippen LogP contribution in [-0.4, -0.2) is 21.1 Å². The van der Waals surface area contributed by atoms with Crippen molar-refractivity contribution >= 4 is 11.8 Å². The summed E-state index contributed by atoms with van der Waals surface area (Å²) in [6, 6.07) is 11.3. The number of nitrogens with zero attached hydrogens (tertiary/aromatic N) is 2. The van der Waals surface area contributed by atoms with Gasteiger partial charge in [-0.15, -0.1) is 11.8 Å². The van der Waals surface area contributed by atoms with E-state index < -0.39 is 0 Å². The molecule has 2 aromatic rings. The van der Waals surface area contributed by atoms with Gasteiger partial charge in [0.25, 0.3) is 0 Å². The molecule has 0 spiro atoms. The summed E-state index contributed by atoms with van der Waals surface area (Å²) in [4.78, 5) is 1.44. The summed E-state index contributed by atoms with van der Waals surface area (Å²) in [7, 11) is 0. The van der Waals surface area contributed by atoms with Crippen LogP contribution in [-0.2, 0) is 19.5 Å². The largest absolute Gasteiger partial charge is 0.309 e. The molecule has 4 heteroatoms. The van der Waals surface area contributed by atoms with Crippen LogP contribution in [0.25, 0.3) is 0 Å². The van der Waals surface area contributed by atoms with E-state index in [0.717, 1.165) is 19.5 Å². The predicted octanol–water partition coefficient (Wildman–Crippen LogP) is 3.10. The van der Waals surface area contributed by atoms with E-state index in [1.165, 1.54) is 16.2 Å². The van der Waals surface area contributed by atoms with E-state index in [0.29, 0.717) is 11.3 Å². The highest BCUT2D eigenvalue weighted by molar-refractivity contribution is 8.00. The minimum absolute atomic E-state index is 0.503. The summed E-state index contributed by atoms with van der Waals surface area (Å²) in [5.41, 5.74) is 2.76. The summed E-state index contributed by atoms with van der Waals surface area (Å²) in [6.07, 6.45) is 3.06. The van der Waals surface area contributed by atoms with Crippen LogP contribution < -0.4 is 5.32 Å². The zero-order chi connectivity index (χ0) is 13.9. The van der Waals surface area contributed by atoms with E-state index in [4.69, 9.17) is 0 Å². The van der Waals surface area contributed by atoms with E-state index in [2.05, 4.69) is 59.3 Å². The average molecular weight is 287 g/mol. The Labute approximate surface area is 124 Å². The van der Waals surface area contributed by atoms with Gasteiger partial charge in [0, 0.05) is 28.9 Å². The van der Waals surface area contributed by atoms with Crippen LogP contribution in [0.15, 0.2) is 41.4 Å². The van der Waals surface area contributed by atoms with Crippen molar-refractivity contribution in [2.45, 2.75) is 49.5 Å². The van der Waals surface area contributed by atoms with Gasteiger partial charge in [0.1, 0.15) is 0 Å². The lowest BCUT2D eigenvalue weighted by Gasteiger charge is -2.13. The predicted molar refractivity (Wildman–Crippen MR) is 84.0 cm³/mol. The van der Waals surface area contributed by atoms with E-state index >= 15 is 0 Å². The Kier molecular flexibility index (Phi) is 4.13. The maximum absolute atomic E-state index is 4.48. The smallest absolute Gasteiger partial charge is 0.0538 e. The average Bonchev–Trinajstić information content (AvgIpc) is 3.02. The van der Waals surface area contributed by atoms with Crippen molar-refractivity contribution in [2.75, 3.05) is 0 Å². The lowest BCUT2D eigenvalue weighted by atomic mass is 10.1. The molecule has 106 valence electrons. The molecule has 0 aliphatic carbocycles. The molecular weight excluding hydrogens is 266 g/mol. The zero-order valence-corrected chi connectivity index (χ0v) is 12.9. The maximum atomic E-state index is 4.48. The quantitative estimate of drug-likeness (QED) is 0.916. The number of aromatic nitrogens is 2. The minimum atomic E-state index is 0.503. The molecule has 0 fully saturated rings. The summed E-state index contributed by atoms with van der Waals surface area (Å²) in [5.74, 6) is 0. The van der Waals surface area contributed by atoms with E-state index in [-0.39, 0.29) is 0 Å². The summed E-state index contributed by atoms with van der Waals surface area (Å²) >= 11 is 1.99. The first-order valence-corrected chi connectivity index (χ1v) is 8.09. The summed E-state index contributed by atoms with van der Waals surface area (Å²) < 4.78 is 2.15. The van der Waals surface area contributed by atoms with Crippen LogP contribution in [0.4, 0.5) is 0 Å². The Morgan fingerprint density at radius 3 is 3.00 bits per heavy atom. The van der Waals surface area contributed by atoms with Crippen molar-refractivity contribution in [3.05, 3.63) is 47.8 Å². The number of nitrogens with one attached hydrogen (secondary N) is 1. The number of hydrogen-bond acceptors (Lipinski definition) is 3. The molecule has 1 atom stereocenters. The molecule has 1 aromatic heterocycles. The normalized spacial score (nSPS) is 17.6. The number of benzene rings is 1. The molecule has 0 saturated carbocycles. The second kappa shape index (κ2) is 6.02. The molecule has 1 unspecified atom stereocenters. The fourth-order valence-corrected chi connectivity index (χ4v) is 3.83. The first kappa shape index (κ1) is 13.7. The summed E-state index contributed by atoms with van der Waals surface area (Å²) in [5, 5.41) is 8.55. The summed E-state index contributed by atoms with van der Waals surface area (Å²) in [6.45, 7) is 6.22. The monoisotopic (exact) mass is 287 g/mol.